The average Bonchev–Trinajstić information content (AvgIpc) is 2.47. The molecule has 0 amide bonds. The fourth-order valence-corrected chi connectivity index (χ4v) is 1.48. The Hall–Kier alpha value is -1.57. The van der Waals surface area contributed by atoms with E-state index in [1.165, 1.54) is 5.56 Å². The normalized spacial score (nSPS) is 10.5. The van der Waals surface area contributed by atoms with Crippen LogP contribution in [0.4, 0.5) is 0 Å². The lowest BCUT2D eigenvalue weighted by atomic mass is 10.1. The summed E-state index contributed by atoms with van der Waals surface area (Å²) in [5.41, 5.74) is 4.62. The highest BCUT2D eigenvalue weighted by Gasteiger charge is 2.04. The number of imidazole rings is 1. The van der Waals surface area contributed by atoms with E-state index >= 15 is 0 Å². The van der Waals surface area contributed by atoms with Gasteiger partial charge in [-0.15, -0.1) is 0 Å². The lowest BCUT2D eigenvalue weighted by Crippen LogP contribution is -1.81. The summed E-state index contributed by atoms with van der Waals surface area (Å²) in [7, 11) is 0. The topological polar surface area (TPSA) is 28.7 Å². The molecule has 72 valence electrons. The van der Waals surface area contributed by atoms with Gasteiger partial charge in [0.15, 0.2) is 0 Å². The zero-order chi connectivity index (χ0) is 10.1. The predicted molar refractivity (Wildman–Crippen MR) is 58.2 cm³/mol. The maximum absolute atomic E-state index is 4.47. The molecule has 0 aliphatic heterocycles. The fourth-order valence-electron chi connectivity index (χ4n) is 1.48. The predicted octanol–water partition coefficient (Wildman–Crippen LogP) is 3.00. The van der Waals surface area contributed by atoms with Crippen LogP contribution in [0, 0.1) is 20.8 Å². The SMILES string of the molecule is Cc1cccc(-c2nc(C)c(C)[nH]2)c1. The second kappa shape index (κ2) is 3.29. The lowest BCUT2D eigenvalue weighted by Gasteiger charge is -1.97. The molecule has 2 nitrogen and oxygen atoms in total. The summed E-state index contributed by atoms with van der Waals surface area (Å²) in [5, 5.41) is 0. The van der Waals surface area contributed by atoms with Gasteiger partial charge in [-0.3, -0.25) is 0 Å². The van der Waals surface area contributed by atoms with Crippen LogP contribution in [-0.2, 0) is 0 Å². The van der Waals surface area contributed by atoms with Crippen molar-refractivity contribution < 1.29 is 0 Å². The number of benzene rings is 1. The highest BCUT2D eigenvalue weighted by molar-refractivity contribution is 5.56. The first-order valence-electron chi connectivity index (χ1n) is 4.77. The minimum Gasteiger partial charge on any atom is -0.342 e. The number of aromatic amines is 1. The van der Waals surface area contributed by atoms with Crippen LogP contribution >= 0.6 is 0 Å². The number of H-pyrrole nitrogens is 1. The van der Waals surface area contributed by atoms with Gasteiger partial charge < -0.3 is 4.98 Å². The molecule has 0 unspecified atom stereocenters. The van der Waals surface area contributed by atoms with Crippen molar-refractivity contribution in [2.45, 2.75) is 20.8 Å². The molecule has 14 heavy (non-hydrogen) atoms. The Labute approximate surface area is 84.0 Å². The standard InChI is InChI=1S/C12H14N2/c1-8-5-4-6-11(7-8)12-13-9(2)10(3)14-12/h4-7H,1-3H3,(H,13,14). The van der Waals surface area contributed by atoms with Crippen molar-refractivity contribution in [2.24, 2.45) is 0 Å². The van der Waals surface area contributed by atoms with Crippen molar-refractivity contribution in [1.82, 2.24) is 9.97 Å². The highest BCUT2D eigenvalue weighted by atomic mass is 14.9. The van der Waals surface area contributed by atoms with Gasteiger partial charge in [-0.1, -0.05) is 23.8 Å². The van der Waals surface area contributed by atoms with Gasteiger partial charge in [0.2, 0.25) is 0 Å². The number of nitrogens with one attached hydrogen (secondary N) is 1. The third-order valence-electron chi connectivity index (χ3n) is 2.42. The molecule has 0 spiro atoms. The van der Waals surface area contributed by atoms with Crippen LogP contribution in [0.5, 0.6) is 0 Å². The fraction of sp³-hybridized carbons (Fsp3) is 0.250. The largest absolute Gasteiger partial charge is 0.342 e. The third kappa shape index (κ3) is 1.55. The van der Waals surface area contributed by atoms with Crippen LogP contribution in [0.15, 0.2) is 24.3 Å². The van der Waals surface area contributed by atoms with Gasteiger partial charge in [-0.25, -0.2) is 4.98 Å². The monoisotopic (exact) mass is 186 g/mol. The van der Waals surface area contributed by atoms with Crippen LogP contribution in [0.2, 0.25) is 0 Å². The number of hydrogen-bond acceptors (Lipinski definition) is 1. The third-order valence-corrected chi connectivity index (χ3v) is 2.42. The Morgan fingerprint density at radius 2 is 1.93 bits per heavy atom. The lowest BCUT2D eigenvalue weighted by molar-refractivity contribution is 1.22. The molecule has 0 fully saturated rings. The van der Waals surface area contributed by atoms with Gasteiger partial charge >= 0.3 is 0 Å². The highest BCUT2D eigenvalue weighted by Crippen LogP contribution is 2.18. The first kappa shape index (κ1) is 9.00. The summed E-state index contributed by atoms with van der Waals surface area (Å²) < 4.78 is 0. The van der Waals surface area contributed by atoms with Gasteiger partial charge in [0.1, 0.15) is 5.82 Å². The first-order valence-corrected chi connectivity index (χ1v) is 4.77. The first-order chi connectivity index (χ1) is 6.66. The van der Waals surface area contributed by atoms with E-state index in [-0.39, 0.29) is 0 Å². The quantitative estimate of drug-likeness (QED) is 0.728. The molecule has 2 aromatic rings. The number of nitrogens with zero attached hydrogens (tertiary/aromatic N) is 1. The molecule has 1 aromatic carbocycles. The average molecular weight is 186 g/mol. The summed E-state index contributed by atoms with van der Waals surface area (Å²) in [6.07, 6.45) is 0. The Kier molecular flexibility index (Phi) is 2.12. The van der Waals surface area contributed by atoms with Gasteiger partial charge in [0.25, 0.3) is 0 Å². The van der Waals surface area contributed by atoms with Crippen molar-refractivity contribution in [3.05, 3.63) is 41.2 Å². The maximum atomic E-state index is 4.47. The Morgan fingerprint density at radius 3 is 2.50 bits per heavy atom. The number of hydrogen-bond donors (Lipinski definition) is 1. The van der Waals surface area contributed by atoms with E-state index in [0.29, 0.717) is 0 Å². The number of aryl methyl sites for hydroxylation is 3. The number of aromatic nitrogens is 2. The van der Waals surface area contributed by atoms with Crippen molar-refractivity contribution in [1.29, 1.82) is 0 Å². The molecule has 0 aliphatic rings. The van der Waals surface area contributed by atoms with Crippen LogP contribution in [0.25, 0.3) is 11.4 Å². The van der Waals surface area contributed by atoms with Crippen molar-refractivity contribution >= 4 is 0 Å². The molecule has 0 bridgehead atoms. The van der Waals surface area contributed by atoms with Crippen LogP contribution in [0.1, 0.15) is 17.0 Å². The summed E-state index contributed by atoms with van der Waals surface area (Å²) in [6, 6.07) is 8.35. The van der Waals surface area contributed by atoms with Crippen LogP contribution < -0.4 is 0 Å². The second-order valence-electron chi connectivity index (χ2n) is 3.67. The van der Waals surface area contributed by atoms with Gasteiger partial charge in [-0.2, -0.15) is 0 Å². The summed E-state index contributed by atoms with van der Waals surface area (Å²) in [6.45, 7) is 6.15. The molecule has 0 saturated heterocycles. The Bertz CT molecular complexity index is 436. The summed E-state index contributed by atoms with van der Waals surface area (Å²) in [5.74, 6) is 0.962. The molecule has 0 radical (unpaired) electrons. The Morgan fingerprint density at radius 1 is 1.14 bits per heavy atom. The molecule has 2 heteroatoms. The molecule has 2 rings (SSSR count). The van der Waals surface area contributed by atoms with Crippen molar-refractivity contribution in [3.8, 4) is 11.4 Å². The molecule has 1 aromatic heterocycles. The zero-order valence-electron chi connectivity index (χ0n) is 8.76. The van der Waals surface area contributed by atoms with Crippen molar-refractivity contribution in [2.75, 3.05) is 0 Å². The van der Waals surface area contributed by atoms with E-state index in [2.05, 4.69) is 41.2 Å². The van der Waals surface area contributed by atoms with Gasteiger partial charge in [0.05, 0.1) is 5.69 Å². The molecular weight excluding hydrogens is 172 g/mol. The Balaban J connectivity index is 2.49. The summed E-state index contributed by atoms with van der Waals surface area (Å²) >= 11 is 0. The molecule has 0 aliphatic carbocycles. The molecule has 1 heterocycles. The summed E-state index contributed by atoms with van der Waals surface area (Å²) in [4.78, 5) is 7.74. The van der Waals surface area contributed by atoms with Crippen LogP contribution in [-0.4, -0.2) is 9.97 Å². The smallest absolute Gasteiger partial charge is 0.137 e. The van der Waals surface area contributed by atoms with Crippen molar-refractivity contribution in [3.63, 3.8) is 0 Å². The van der Waals surface area contributed by atoms with E-state index in [9.17, 15) is 0 Å². The van der Waals surface area contributed by atoms with E-state index in [4.69, 9.17) is 0 Å². The minimum atomic E-state index is 0.962. The van der Waals surface area contributed by atoms with E-state index < -0.39 is 0 Å². The van der Waals surface area contributed by atoms with Gasteiger partial charge in [-0.05, 0) is 26.8 Å². The molecule has 0 saturated carbocycles. The zero-order valence-corrected chi connectivity index (χ0v) is 8.76. The molecule has 1 N–H and O–H groups in total. The minimum absolute atomic E-state index is 0.962. The second-order valence-corrected chi connectivity index (χ2v) is 3.67. The van der Waals surface area contributed by atoms with Gasteiger partial charge in [0, 0.05) is 11.3 Å². The van der Waals surface area contributed by atoms with E-state index in [1.807, 2.05) is 13.8 Å². The number of rotatable bonds is 1. The van der Waals surface area contributed by atoms with E-state index in [0.717, 1.165) is 22.8 Å². The molecular formula is C12H14N2. The van der Waals surface area contributed by atoms with E-state index in [1.54, 1.807) is 0 Å². The van der Waals surface area contributed by atoms with Crippen LogP contribution in [0.3, 0.4) is 0 Å². The maximum Gasteiger partial charge on any atom is 0.137 e. The molecule has 0 atom stereocenters.